The summed E-state index contributed by atoms with van der Waals surface area (Å²) in [7, 11) is 0. The number of rotatable bonds is 3. The Bertz CT molecular complexity index is 578. The lowest BCUT2D eigenvalue weighted by molar-refractivity contribution is 0.0940. The fourth-order valence-electron chi connectivity index (χ4n) is 1.86. The summed E-state index contributed by atoms with van der Waals surface area (Å²) >= 11 is 6.01. The molecule has 0 saturated heterocycles. The Balaban J connectivity index is 2.11. The molecule has 0 aliphatic rings. The molecule has 2 aromatic rings. The molecule has 0 aromatic heterocycles. The monoisotopic (exact) mass is 273 g/mol. The van der Waals surface area contributed by atoms with Crippen molar-refractivity contribution >= 4 is 17.5 Å². The SMILES string of the molecule is Cc1ccc(C(C)NC(=O)c2ccccc2Cl)cc1. The minimum atomic E-state index is -0.154. The molecule has 0 heterocycles. The van der Waals surface area contributed by atoms with E-state index in [-0.39, 0.29) is 11.9 Å². The summed E-state index contributed by atoms with van der Waals surface area (Å²) in [6, 6.07) is 15.1. The van der Waals surface area contributed by atoms with E-state index in [9.17, 15) is 4.79 Å². The van der Waals surface area contributed by atoms with Crippen LogP contribution in [0.2, 0.25) is 5.02 Å². The summed E-state index contributed by atoms with van der Waals surface area (Å²) in [6.07, 6.45) is 0. The van der Waals surface area contributed by atoms with Gasteiger partial charge < -0.3 is 5.32 Å². The molecule has 2 aromatic carbocycles. The summed E-state index contributed by atoms with van der Waals surface area (Å²) in [5.41, 5.74) is 2.78. The van der Waals surface area contributed by atoms with Crippen LogP contribution < -0.4 is 5.32 Å². The van der Waals surface area contributed by atoms with Crippen molar-refractivity contribution in [1.82, 2.24) is 5.32 Å². The molecule has 1 unspecified atom stereocenters. The third kappa shape index (κ3) is 3.36. The molecule has 0 spiro atoms. The van der Waals surface area contributed by atoms with Crippen molar-refractivity contribution in [2.24, 2.45) is 0 Å². The number of amides is 1. The van der Waals surface area contributed by atoms with Crippen LogP contribution in [0, 0.1) is 6.92 Å². The van der Waals surface area contributed by atoms with E-state index in [1.165, 1.54) is 5.56 Å². The highest BCUT2D eigenvalue weighted by molar-refractivity contribution is 6.33. The van der Waals surface area contributed by atoms with E-state index in [0.29, 0.717) is 10.6 Å². The zero-order chi connectivity index (χ0) is 13.8. The number of carbonyl (C=O) groups excluding carboxylic acids is 1. The number of hydrogen-bond acceptors (Lipinski definition) is 1. The number of hydrogen-bond donors (Lipinski definition) is 1. The predicted molar refractivity (Wildman–Crippen MR) is 78.5 cm³/mol. The van der Waals surface area contributed by atoms with Crippen LogP contribution in [0.25, 0.3) is 0 Å². The van der Waals surface area contributed by atoms with Crippen molar-refractivity contribution in [3.8, 4) is 0 Å². The first-order valence-corrected chi connectivity index (χ1v) is 6.57. The topological polar surface area (TPSA) is 29.1 Å². The van der Waals surface area contributed by atoms with Gasteiger partial charge in [-0.1, -0.05) is 53.6 Å². The summed E-state index contributed by atoms with van der Waals surface area (Å²) < 4.78 is 0. The first-order chi connectivity index (χ1) is 9.08. The number of halogens is 1. The van der Waals surface area contributed by atoms with Crippen molar-refractivity contribution in [2.45, 2.75) is 19.9 Å². The molecule has 0 bridgehead atoms. The molecule has 1 N–H and O–H groups in total. The van der Waals surface area contributed by atoms with Gasteiger partial charge in [0.1, 0.15) is 0 Å². The van der Waals surface area contributed by atoms with Gasteiger partial charge in [-0.25, -0.2) is 0 Å². The highest BCUT2D eigenvalue weighted by Gasteiger charge is 2.13. The van der Waals surface area contributed by atoms with Crippen LogP contribution in [-0.2, 0) is 0 Å². The van der Waals surface area contributed by atoms with E-state index >= 15 is 0 Å². The van der Waals surface area contributed by atoms with E-state index in [0.717, 1.165) is 5.56 Å². The summed E-state index contributed by atoms with van der Waals surface area (Å²) in [5, 5.41) is 3.42. The van der Waals surface area contributed by atoms with Gasteiger partial charge in [0, 0.05) is 0 Å². The van der Waals surface area contributed by atoms with Gasteiger partial charge in [-0.2, -0.15) is 0 Å². The van der Waals surface area contributed by atoms with Crippen LogP contribution in [0.3, 0.4) is 0 Å². The molecule has 19 heavy (non-hydrogen) atoms. The van der Waals surface area contributed by atoms with Crippen LogP contribution in [0.4, 0.5) is 0 Å². The second kappa shape index (κ2) is 5.89. The lowest BCUT2D eigenvalue weighted by atomic mass is 10.1. The maximum atomic E-state index is 12.1. The first-order valence-electron chi connectivity index (χ1n) is 6.20. The third-order valence-corrected chi connectivity index (χ3v) is 3.37. The van der Waals surface area contributed by atoms with Gasteiger partial charge in [0.2, 0.25) is 0 Å². The first kappa shape index (κ1) is 13.6. The molecule has 0 aliphatic carbocycles. The zero-order valence-corrected chi connectivity index (χ0v) is 11.7. The minimum Gasteiger partial charge on any atom is -0.345 e. The van der Waals surface area contributed by atoms with E-state index in [1.807, 2.05) is 44.2 Å². The van der Waals surface area contributed by atoms with E-state index in [4.69, 9.17) is 11.6 Å². The largest absolute Gasteiger partial charge is 0.345 e. The Labute approximate surface area is 118 Å². The number of benzene rings is 2. The molecule has 1 atom stereocenters. The summed E-state index contributed by atoms with van der Waals surface area (Å²) in [4.78, 5) is 12.1. The smallest absolute Gasteiger partial charge is 0.253 e. The number of nitrogens with one attached hydrogen (secondary N) is 1. The van der Waals surface area contributed by atoms with Crippen molar-refractivity contribution in [1.29, 1.82) is 0 Å². The maximum Gasteiger partial charge on any atom is 0.253 e. The Morgan fingerprint density at radius 1 is 1.11 bits per heavy atom. The Kier molecular flexibility index (Phi) is 4.23. The fourth-order valence-corrected chi connectivity index (χ4v) is 2.08. The molecule has 0 radical (unpaired) electrons. The second-order valence-electron chi connectivity index (χ2n) is 4.59. The Morgan fingerprint density at radius 2 is 1.74 bits per heavy atom. The van der Waals surface area contributed by atoms with Crippen molar-refractivity contribution in [3.05, 3.63) is 70.2 Å². The molecule has 0 saturated carbocycles. The van der Waals surface area contributed by atoms with Gasteiger partial charge in [0.25, 0.3) is 5.91 Å². The zero-order valence-electron chi connectivity index (χ0n) is 11.0. The number of aryl methyl sites for hydroxylation is 1. The second-order valence-corrected chi connectivity index (χ2v) is 4.99. The van der Waals surface area contributed by atoms with Crippen LogP contribution in [0.5, 0.6) is 0 Å². The van der Waals surface area contributed by atoms with Gasteiger partial charge in [-0.05, 0) is 31.5 Å². The van der Waals surface area contributed by atoms with Crippen LogP contribution in [0.15, 0.2) is 48.5 Å². The van der Waals surface area contributed by atoms with Gasteiger partial charge in [0.15, 0.2) is 0 Å². The molecular weight excluding hydrogens is 258 g/mol. The quantitative estimate of drug-likeness (QED) is 0.895. The summed E-state index contributed by atoms with van der Waals surface area (Å²) in [5.74, 6) is -0.154. The van der Waals surface area contributed by atoms with Crippen molar-refractivity contribution in [2.75, 3.05) is 0 Å². The average Bonchev–Trinajstić information content (AvgIpc) is 2.39. The molecular formula is C16H16ClNO. The van der Waals surface area contributed by atoms with Gasteiger partial charge in [-0.3, -0.25) is 4.79 Å². The standard InChI is InChI=1S/C16H16ClNO/c1-11-7-9-13(10-8-11)12(2)18-16(19)14-5-3-4-6-15(14)17/h3-10,12H,1-2H3,(H,18,19). The lowest BCUT2D eigenvalue weighted by Gasteiger charge is -2.15. The van der Waals surface area contributed by atoms with Crippen LogP contribution in [-0.4, -0.2) is 5.91 Å². The molecule has 3 heteroatoms. The fraction of sp³-hybridized carbons (Fsp3) is 0.188. The summed E-state index contributed by atoms with van der Waals surface area (Å²) in [6.45, 7) is 4.00. The highest BCUT2D eigenvalue weighted by atomic mass is 35.5. The lowest BCUT2D eigenvalue weighted by Crippen LogP contribution is -2.26. The molecule has 1 amide bonds. The molecule has 2 rings (SSSR count). The van der Waals surface area contributed by atoms with Crippen molar-refractivity contribution in [3.63, 3.8) is 0 Å². The van der Waals surface area contributed by atoms with Crippen LogP contribution >= 0.6 is 11.6 Å². The minimum absolute atomic E-state index is 0.0515. The van der Waals surface area contributed by atoms with Crippen molar-refractivity contribution < 1.29 is 4.79 Å². The Hall–Kier alpha value is -1.80. The van der Waals surface area contributed by atoms with E-state index in [1.54, 1.807) is 18.2 Å². The van der Waals surface area contributed by atoms with Gasteiger partial charge in [0.05, 0.1) is 16.6 Å². The predicted octanol–water partition coefficient (Wildman–Crippen LogP) is 4.14. The van der Waals surface area contributed by atoms with Crippen LogP contribution in [0.1, 0.15) is 34.5 Å². The molecule has 98 valence electrons. The molecule has 0 fully saturated rings. The third-order valence-electron chi connectivity index (χ3n) is 3.04. The highest BCUT2D eigenvalue weighted by Crippen LogP contribution is 2.18. The van der Waals surface area contributed by atoms with E-state index < -0.39 is 0 Å². The normalized spacial score (nSPS) is 11.9. The molecule has 0 aliphatic heterocycles. The van der Waals surface area contributed by atoms with E-state index in [2.05, 4.69) is 5.32 Å². The van der Waals surface area contributed by atoms with Gasteiger partial charge in [-0.15, -0.1) is 0 Å². The maximum absolute atomic E-state index is 12.1. The molecule has 2 nitrogen and oxygen atoms in total. The Morgan fingerprint density at radius 3 is 2.37 bits per heavy atom. The average molecular weight is 274 g/mol. The van der Waals surface area contributed by atoms with Gasteiger partial charge >= 0.3 is 0 Å². The number of carbonyl (C=O) groups is 1.